The minimum absolute atomic E-state index is 0. The monoisotopic (exact) mass is 340 g/mol. The lowest BCUT2D eigenvalue weighted by atomic mass is 10.2. The van der Waals surface area contributed by atoms with Gasteiger partial charge in [0.2, 0.25) is 0 Å². The summed E-state index contributed by atoms with van der Waals surface area (Å²) in [5, 5.41) is 3.28. The lowest BCUT2D eigenvalue weighted by molar-refractivity contribution is 0.740. The van der Waals surface area contributed by atoms with Crippen LogP contribution in [0.3, 0.4) is 0 Å². The predicted octanol–water partition coefficient (Wildman–Crippen LogP) is 1.67. The van der Waals surface area contributed by atoms with Crippen molar-refractivity contribution in [3.8, 4) is 0 Å². The average molecular weight is 340 g/mol. The molecule has 6 heteroatoms. The molecule has 0 aliphatic heterocycles. The van der Waals surface area contributed by atoms with Gasteiger partial charge in [-0.15, -0.1) is 35.3 Å². The van der Waals surface area contributed by atoms with Crippen molar-refractivity contribution in [1.82, 2.24) is 4.98 Å². The summed E-state index contributed by atoms with van der Waals surface area (Å²) >= 11 is 1.72. The fourth-order valence-electron chi connectivity index (χ4n) is 1.11. The van der Waals surface area contributed by atoms with E-state index in [9.17, 15) is 0 Å². The molecule has 4 N–H and O–H groups in total. The van der Waals surface area contributed by atoms with Crippen LogP contribution in [0, 0.1) is 6.92 Å². The number of guanidine groups is 1. The first-order valence-electron chi connectivity index (χ1n) is 4.65. The molecule has 86 valence electrons. The number of aromatic nitrogens is 1. The lowest BCUT2D eigenvalue weighted by Gasteiger charge is -1.95. The molecule has 1 heterocycles. The summed E-state index contributed by atoms with van der Waals surface area (Å²) in [6.07, 6.45) is 3.12. The molecule has 0 fully saturated rings. The Balaban J connectivity index is 0.00000196. The topological polar surface area (TPSA) is 77.3 Å². The molecule has 1 rings (SSSR count). The zero-order valence-corrected chi connectivity index (χ0v) is 11.9. The van der Waals surface area contributed by atoms with Crippen LogP contribution in [0.4, 0.5) is 0 Å². The van der Waals surface area contributed by atoms with Gasteiger partial charge in [0.1, 0.15) is 0 Å². The maximum Gasteiger partial charge on any atom is 0.185 e. The van der Waals surface area contributed by atoms with Crippen LogP contribution < -0.4 is 11.5 Å². The molecule has 0 aliphatic rings. The summed E-state index contributed by atoms with van der Waals surface area (Å²) in [5.41, 5.74) is 11.5. The van der Waals surface area contributed by atoms with E-state index in [-0.39, 0.29) is 29.9 Å². The van der Waals surface area contributed by atoms with Crippen LogP contribution in [0.5, 0.6) is 0 Å². The molecule has 4 nitrogen and oxygen atoms in total. The van der Waals surface area contributed by atoms with Gasteiger partial charge in [0.15, 0.2) is 5.96 Å². The maximum absolute atomic E-state index is 5.21. The highest BCUT2D eigenvalue weighted by atomic mass is 127. The van der Waals surface area contributed by atoms with Crippen molar-refractivity contribution in [1.29, 1.82) is 0 Å². The Kier molecular flexibility index (Phi) is 7.67. The van der Waals surface area contributed by atoms with Crippen molar-refractivity contribution in [2.75, 3.05) is 6.54 Å². The molecule has 0 radical (unpaired) electrons. The van der Waals surface area contributed by atoms with Crippen LogP contribution in [0.25, 0.3) is 0 Å². The second kappa shape index (κ2) is 7.86. The first kappa shape index (κ1) is 14.6. The quantitative estimate of drug-likeness (QED) is 0.370. The Labute approximate surface area is 111 Å². The molecule has 0 unspecified atom stereocenters. The number of aliphatic imine (C=N–C) groups is 1. The third-order valence-electron chi connectivity index (χ3n) is 1.76. The van der Waals surface area contributed by atoms with Gasteiger partial charge in [0.25, 0.3) is 0 Å². The Morgan fingerprint density at radius 1 is 1.47 bits per heavy atom. The standard InChI is InChI=1S/C9H16N4S.HI/c1-7-6-14-8(13-7)4-2-3-5-12-9(10)11;/h6H,2-5H2,1H3,(H4,10,11,12);1H. The van der Waals surface area contributed by atoms with Gasteiger partial charge in [-0.3, -0.25) is 4.99 Å². The van der Waals surface area contributed by atoms with Crippen molar-refractivity contribution in [3.63, 3.8) is 0 Å². The molecule has 0 atom stereocenters. The van der Waals surface area contributed by atoms with Crippen LogP contribution in [0.2, 0.25) is 0 Å². The molecule has 0 aromatic carbocycles. The molecular formula is C9H17IN4S. The summed E-state index contributed by atoms with van der Waals surface area (Å²) in [6, 6.07) is 0. The van der Waals surface area contributed by atoms with Crippen molar-refractivity contribution in [2.45, 2.75) is 26.2 Å². The third kappa shape index (κ3) is 6.67. The fourth-order valence-corrected chi connectivity index (χ4v) is 1.93. The van der Waals surface area contributed by atoms with Crippen LogP contribution in [0.1, 0.15) is 23.5 Å². The van der Waals surface area contributed by atoms with Gasteiger partial charge in [0, 0.05) is 17.6 Å². The predicted molar refractivity (Wildman–Crippen MR) is 75.9 cm³/mol. The Morgan fingerprint density at radius 2 is 2.20 bits per heavy atom. The Hall–Kier alpha value is -0.370. The number of hydrogen-bond donors (Lipinski definition) is 2. The van der Waals surface area contributed by atoms with Crippen LogP contribution in [-0.2, 0) is 6.42 Å². The second-order valence-corrected chi connectivity index (χ2v) is 4.09. The summed E-state index contributed by atoms with van der Waals surface area (Å²) in [7, 11) is 0. The van der Waals surface area contributed by atoms with Gasteiger partial charge in [-0.25, -0.2) is 4.98 Å². The Morgan fingerprint density at radius 3 is 2.73 bits per heavy atom. The minimum Gasteiger partial charge on any atom is -0.370 e. The molecule has 1 aromatic heterocycles. The number of hydrogen-bond acceptors (Lipinski definition) is 3. The van der Waals surface area contributed by atoms with Crippen LogP contribution in [-0.4, -0.2) is 17.5 Å². The zero-order valence-electron chi connectivity index (χ0n) is 8.77. The first-order valence-corrected chi connectivity index (χ1v) is 5.53. The molecule has 1 aromatic rings. The van der Waals surface area contributed by atoms with Crippen LogP contribution in [0.15, 0.2) is 10.4 Å². The number of halogens is 1. The summed E-state index contributed by atoms with van der Waals surface area (Å²) in [5.74, 6) is 0.176. The lowest BCUT2D eigenvalue weighted by Crippen LogP contribution is -2.22. The van der Waals surface area contributed by atoms with E-state index in [1.165, 1.54) is 5.01 Å². The van der Waals surface area contributed by atoms with Gasteiger partial charge in [-0.1, -0.05) is 0 Å². The molecule has 0 aliphatic carbocycles. The van der Waals surface area contributed by atoms with E-state index in [0.29, 0.717) is 6.54 Å². The number of thiazole rings is 1. The van der Waals surface area contributed by atoms with Gasteiger partial charge in [0.05, 0.1) is 5.01 Å². The van der Waals surface area contributed by atoms with E-state index in [1.54, 1.807) is 11.3 Å². The molecule has 0 amide bonds. The molecule has 0 saturated carbocycles. The highest BCUT2D eigenvalue weighted by Crippen LogP contribution is 2.11. The first-order chi connectivity index (χ1) is 6.68. The highest BCUT2D eigenvalue weighted by molar-refractivity contribution is 14.0. The molecule has 0 bridgehead atoms. The maximum atomic E-state index is 5.21. The highest BCUT2D eigenvalue weighted by Gasteiger charge is 1.97. The fraction of sp³-hybridized carbons (Fsp3) is 0.556. The summed E-state index contributed by atoms with van der Waals surface area (Å²) < 4.78 is 0. The summed E-state index contributed by atoms with van der Waals surface area (Å²) in [4.78, 5) is 8.29. The van der Waals surface area contributed by atoms with Crippen molar-refractivity contribution < 1.29 is 0 Å². The Bertz CT molecular complexity index is 307. The minimum atomic E-state index is 0. The SMILES string of the molecule is Cc1csc(CCCCN=C(N)N)n1.I. The van der Waals surface area contributed by atoms with E-state index >= 15 is 0 Å². The van der Waals surface area contributed by atoms with E-state index in [4.69, 9.17) is 11.5 Å². The molecule has 0 spiro atoms. The smallest absolute Gasteiger partial charge is 0.185 e. The second-order valence-electron chi connectivity index (χ2n) is 3.15. The van der Waals surface area contributed by atoms with Crippen molar-refractivity contribution in [3.05, 3.63) is 16.1 Å². The number of aryl methyl sites for hydroxylation is 2. The van der Waals surface area contributed by atoms with Gasteiger partial charge in [-0.05, 0) is 26.2 Å². The normalized spacial score (nSPS) is 9.40. The van der Waals surface area contributed by atoms with Gasteiger partial charge >= 0.3 is 0 Å². The molecule has 0 saturated heterocycles. The van der Waals surface area contributed by atoms with Crippen molar-refractivity contribution in [2.24, 2.45) is 16.5 Å². The number of nitrogens with two attached hydrogens (primary N) is 2. The number of unbranched alkanes of at least 4 members (excludes halogenated alkanes) is 1. The van der Waals surface area contributed by atoms with Gasteiger partial charge < -0.3 is 11.5 Å². The van der Waals surface area contributed by atoms with E-state index in [0.717, 1.165) is 25.0 Å². The number of rotatable bonds is 5. The molecule has 15 heavy (non-hydrogen) atoms. The average Bonchev–Trinajstić information content (AvgIpc) is 2.50. The van der Waals surface area contributed by atoms with Gasteiger partial charge in [-0.2, -0.15) is 0 Å². The number of nitrogens with zero attached hydrogens (tertiary/aromatic N) is 2. The molecular weight excluding hydrogens is 323 g/mol. The van der Waals surface area contributed by atoms with E-state index < -0.39 is 0 Å². The summed E-state index contributed by atoms with van der Waals surface area (Å²) in [6.45, 7) is 2.73. The van der Waals surface area contributed by atoms with E-state index in [2.05, 4.69) is 15.4 Å². The largest absolute Gasteiger partial charge is 0.370 e. The third-order valence-corrected chi connectivity index (χ3v) is 2.79. The van der Waals surface area contributed by atoms with Crippen molar-refractivity contribution >= 4 is 41.3 Å². The van der Waals surface area contributed by atoms with E-state index in [1.807, 2.05) is 6.92 Å². The van der Waals surface area contributed by atoms with Crippen LogP contribution >= 0.6 is 35.3 Å². The zero-order chi connectivity index (χ0) is 10.4.